The Hall–Kier alpha value is -3.42. The van der Waals surface area contributed by atoms with Gasteiger partial charge in [-0.05, 0) is 37.3 Å². The summed E-state index contributed by atoms with van der Waals surface area (Å²) in [7, 11) is 0. The standard InChI is InChI=1S/C19H17N3O5/c1-12(18-21-17(22-27-18)14-4-2-7-20-11-14)26-19(23)13-5-6-15-16(10-13)25-9-3-8-24-15/h2,4-7,10-12H,3,8-9H2,1H3. The molecule has 0 spiro atoms. The molecule has 8 nitrogen and oxygen atoms in total. The molecular weight excluding hydrogens is 350 g/mol. The average molecular weight is 367 g/mol. The highest BCUT2D eigenvalue weighted by Gasteiger charge is 2.21. The van der Waals surface area contributed by atoms with Gasteiger partial charge in [0.1, 0.15) is 0 Å². The van der Waals surface area contributed by atoms with Crippen molar-refractivity contribution >= 4 is 5.97 Å². The minimum Gasteiger partial charge on any atom is -0.490 e. The maximum absolute atomic E-state index is 12.5. The Morgan fingerprint density at radius 3 is 2.85 bits per heavy atom. The summed E-state index contributed by atoms with van der Waals surface area (Å²) >= 11 is 0. The number of esters is 1. The molecule has 0 fully saturated rings. The summed E-state index contributed by atoms with van der Waals surface area (Å²) in [5.74, 6) is 1.23. The number of hydrogen-bond donors (Lipinski definition) is 0. The van der Waals surface area contributed by atoms with Gasteiger partial charge in [-0.2, -0.15) is 4.98 Å². The molecule has 3 aromatic rings. The fourth-order valence-electron chi connectivity index (χ4n) is 2.58. The van der Waals surface area contributed by atoms with Crippen LogP contribution in [0.3, 0.4) is 0 Å². The number of nitrogens with zero attached hydrogens (tertiary/aromatic N) is 3. The van der Waals surface area contributed by atoms with Gasteiger partial charge in [0.15, 0.2) is 17.6 Å². The van der Waals surface area contributed by atoms with Crippen molar-refractivity contribution < 1.29 is 23.5 Å². The Balaban J connectivity index is 1.47. The lowest BCUT2D eigenvalue weighted by molar-refractivity contribution is 0.0265. The molecule has 0 radical (unpaired) electrons. The van der Waals surface area contributed by atoms with Crippen LogP contribution in [-0.2, 0) is 4.74 Å². The van der Waals surface area contributed by atoms with Crippen molar-refractivity contribution in [2.24, 2.45) is 0 Å². The Morgan fingerprint density at radius 2 is 2.04 bits per heavy atom. The van der Waals surface area contributed by atoms with E-state index in [1.807, 2.05) is 6.07 Å². The molecule has 4 rings (SSSR count). The third-order valence-electron chi connectivity index (χ3n) is 3.98. The van der Waals surface area contributed by atoms with Gasteiger partial charge >= 0.3 is 5.97 Å². The van der Waals surface area contributed by atoms with E-state index in [4.69, 9.17) is 18.7 Å². The number of benzene rings is 1. The van der Waals surface area contributed by atoms with Crippen molar-refractivity contribution in [3.8, 4) is 22.9 Å². The van der Waals surface area contributed by atoms with E-state index in [1.165, 1.54) is 0 Å². The van der Waals surface area contributed by atoms with Crippen molar-refractivity contribution in [1.82, 2.24) is 15.1 Å². The van der Waals surface area contributed by atoms with Crippen molar-refractivity contribution in [3.63, 3.8) is 0 Å². The van der Waals surface area contributed by atoms with Gasteiger partial charge in [0.2, 0.25) is 5.82 Å². The Labute approximate surface area is 155 Å². The SMILES string of the molecule is CC(OC(=O)c1ccc2c(c1)OCCCO2)c1nc(-c2cccnc2)no1. The number of aromatic nitrogens is 3. The lowest BCUT2D eigenvalue weighted by Crippen LogP contribution is -2.10. The molecule has 0 bridgehead atoms. The summed E-state index contributed by atoms with van der Waals surface area (Å²) < 4.78 is 21.8. The number of carbonyl (C=O) groups excluding carboxylic acids is 1. The van der Waals surface area contributed by atoms with Gasteiger partial charge < -0.3 is 18.7 Å². The summed E-state index contributed by atoms with van der Waals surface area (Å²) in [5.41, 5.74) is 1.08. The van der Waals surface area contributed by atoms with Crippen LogP contribution in [0.4, 0.5) is 0 Å². The van der Waals surface area contributed by atoms with Crippen LogP contribution in [0, 0.1) is 0 Å². The zero-order valence-electron chi connectivity index (χ0n) is 14.6. The third-order valence-corrected chi connectivity index (χ3v) is 3.98. The first-order valence-corrected chi connectivity index (χ1v) is 8.55. The van der Waals surface area contributed by atoms with E-state index in [1.54, 1.807) is 43.6 Å². The number of pyridine rings is 1. The van der Waals surface area contributed by atoms with E-state index in [0.717, 1.165) is 6.42 Å². The molecule has 0 aliphatic carbocycles. The summed E-state index contributed by atoms with van der Waals surface area (Å²) in [5, 5.41) is 3.90. The summed E-state index contributed by atoms with van der Waals surface area (Å²) in [6.07, 6.45) is 3.38. The first-order chi connectivity index (χ1) is 13.2. The molecule has 0 N–H and O–H groups in total. The zero-order valence-corrected chi connectivity index (χ0v) is 14.6. The molecular formula is C19H17N3O5. The van der Waals surface area contributed by atoms with E-state index in [-0.39, 0.29) is 5.89 Å². The fourth-order valence-corrected chi connectivity index (χ4v) is 2.58. The van der Waals surface area contributed by atoms with Gasteiger partial charge in [-0.25, -0.2) is 4.79 Å². The second-order valence-corrected chi connectivity index (χ2v) is 5.96. The van der Waals surface area contributed by atoms with E-state index in [2.05, 4.69) is 15.1 Å². The lowest BCUT2D eigenvalue weighted by atomic mass is 10.2. The quantitative estimate of drug-likeness (QED) is 0.649. The number of hydrogen-bond acceptors (Lipinski definition) is 8. The van der Waals surface area contributed by atoms with Crippen LogP contribution in [0.5, 0.6) is 11.5 Å². The molecule has 1 aromatic carbocycles. The molecule has 1 aliphatic rings. The molecule has 1 aliphatic heterocycles. The van der Waals surface area contributed by atoms with Gasteiger partial charge in [-0.15, -0.1) is 0 Å². The van der Waals surface area contributed by atoms with Gasteiger partial charge in [0, 0.05) is 24.4 Å². The van der Waals surface area contributed by atoms with Gasteiger partial charge in [0.25, 0.3) is 5.89 Å². The monoisotopic (exact) mass is 367 g/mol. The van der Waals surface area contributed by atoms with Crippen molar-refractivity contribution in [1.29, 1.82) is 0 Å². The predicted molar refractivity (Wildman–Crippen MR) is 93.4 cm³/mol. The van der Waals surface area contributed by atoms with E-state index >= 15 is 0 Å². The molecule has 8 heteroatoms. The summed E-state index contributed by atoms with van der Waals surface area (Å²) in [4.78, 5) is 20.7. The minimum atomic E-state index is -0.702. The summed E-state index contributed by atoms with van der Waals surface area (Å²) in [6.45, 7) is 2.80. The largest absolute Gasteiger partial charge is 0.490 e. The number of fused-ring (bicyclic) bond motifs is 1. The van der Waals surface area contributed by atoms with Gasteiger partial charge in [-0.3, -0.25) is 4.98 Å². The number of ether oxygens (including phenoxy) is 3. The number of carbonyl (C=O) groups is 1. The molecule has 1 unspecified atom stereocenters. The lowest BCUT2D eigenvalue weighted by Gasteiger charge is -2.11. The maximum Gasteiger partial charge on any atom is 0.339 e. The molecule has 138 valence electrons. The smallest absolute Gasteiger partial charge is 0.339 e. The Kier molecular flexibility index (Phi) is 4.69. The predicted octanol–water partition coefficient (Wildman–Crippen LogP) is 3.21. The average Bonchev–Trinajstić information content (AvgIpc) is 3.08. The van der Waals surface area contributed by atoms with E-state index in [0.29, 0.717) is 41.7 Å². The second-order valence-electron chi connectivity index (χ2n) is 5.96. The first-order valence-electron chi connectivity index (χ1n) is 8.55. The maximum atomic E-state index is 12.5. The summed E-state index contributed by atoms with van der Waals surface area (Å²) in [6, 6.07) is 8.55. The second kappa shape index (κ2) is 7.45. The Bertz CT molecular complexity index is 942. The van der Waals surface area contributed by atoms with Crippen molar-refractivity contribution in [3.05, 3.63) is 54.2 Å². The molecule has 0 saturated heterocycles. The Morgan fingerprint density at radius 1 is 1.19 bits per heavy atom. The van der Waals surface area contributed by atoms with E-state index < -0.39 is 12.1 Å². The molecule has 0 saturated carbocycles. The highest BCUT2D eigenvalue weighted by molar-refractivity contribution is 5.90. The van der Waals surface area contributed by atoms with Crippen LogP contribution < -0.4 is 9.47 Å². The first kappa shape index (κ1) is 17.0. The van der Waals surface area contributed by atoms with Crippen LogP contribution in [0.1, 0.15) is 35.7 Å². The van der Waals surface area contributed by atoms with Crippen LogP contribution >= 0.6 is 0 Å². The highest BCUT2D eigenvalue weighted by Crippen LogP contribution is 2.31. The van der Waals surface area contributed by atoms with Crippen LogP contribution in [0.2, 0.25) is 0 Å². The molecule has 3 heterocycles. The highest BCUT2D eigenvalue weighted by atomic mass is 16.6. The van der Waals surface area contributed by atoms with Crippen LogP contribution in [0.15, 0.2) is 47.2 Å². The molecule has 27 heavy (non-hydrogen) atoms. The minimum absolute atomic E-state index is 0.205. The normalized spacial score (nSPS) is 14.3. The van der Waals surface area contributed by atoms with Crippen molar-refractivity contribution in [2.45, 2.75) is 19.4 Å². The van der Waals surface area contributed by atoms with Crippen molar-refractivity contribution in [2.75, 3.05) is 13.2 Å². The molecule has 0 amide bonds. The van der Waals surface area contributed by atoms with Gasteiger partial charge in [0.05, 0.1) is 18.8 Å². The molecule has 1 atom stereocenters. The fraction of sp³-hybridized carbons (Fsp3) is 0.263. The van der Waals surface area contributed by atoms with Gasteiger partial charge in [-0.1, -0.05) is 5.16 Å². The van der Waals surface area contributed by atoms with Crippen LogP contribution in [-0.4, -0.2) is 34.3 Å². The topological polar surface area (TPSA) is 96.6 Å². The number of rotatable bonds is 4. The van der Waals surface area contributed by atoms with Crippen LogP contribution in [0.25, 0.3) is 11.4 Å². The zero-order chi connectivity index (χ0) is 18.6. The van der Waals surface area contributed by atoms with E-state index in [9.17, 15) is 4.79 Å². The molecule has 2 aromatic heterocycles. The third kappa shape index (κ3) is 3.74.